The van der Waals surface area contributed by atoms with E-state index in [1.165, 1.54) is 6.33 Å². The molecular weight excluding hydrogens is 492 g/mol. The Kier molecular flexibility index (Phi) is 5.99. The minimum Gasteiger partial charge on any atom is -0.483 e. The number of nitrogens with zero attached hydrogens (tertiary/aromatic N) is 5. The van der Waals surface area contributed by atoms with Crippen molar-refractivity contribution in [1.82, 2.24) is 30.0 Å². The molecule has 5 aromatic rings. The number of nitrogens with one attached hydrogen (secondary N) is 2. The number of H-pyrrole nitrogens is 1. The van der Waals surface area contributed by atoms with Gasteiger partial charge in [-0.05, 0) is 49.9 Å². The summed E-state index contributed by atoms with van der Waals surface area (Å²) in [6.07, 6.45) is 3.72. The first kappa shape index (κ1) is 24.0. The van der Waals surface area contributed by atoms with E-state index in [1.54, 1.807) is 42.5 Å². The van der Waals surface area contributed by atoms with Gasteiger partial charge in [-0.3, -0.25) is 5.10 Å². The first-order valence-corrected chi connectivity index (χ1v) is 12.2. The van der Waals surface area contributed by atoms with Crippen LogP contribution in [0.5, 0.6) is 17.2 Å². The molecular formula is C27H25F2N7O2. The van der Waals surface area contributed by atoms with E-state index in [2.05, 4.69) is 30.5 Å². The van der Waals surface area contributed by atoms with Crippen molar-refractivity contribution in [3.8, 4) is 17.2 Å². The fourth-order valence-corrected chi connectivity index (χ4v) is 4.63. The van der Waals surface area contributed by atoms with Gasteiger partial charge in [0.25, 0.3) is 5.92 Å². The van der Waals surface area contributed by atoms with Gasteiger partial charge in [0.2, 0.25) is 0 Å². The van der Waals surface area contributed by atoms with E-state index in [4.69, 9.17) is 9.47 Å². The van der Waals surface area contributed by atoms with Crippen LogP contribution in [0.4, 0.5) is 20.3 Å². The van der Waals surface area contributed by atoms with Crippen molar-refractivity contribution in [2.75, 3.05) is 25.5 Å². The molecule has 0 radical (unpaired) electrons. The molecule has 9 nitrogen and oxygen atoms in total. The standard InChI is InChI=1S/C27H25F2N7O2/c1-16-10-17(6-7-22(16)37-18-11-20-21(30-12-18)13-33-35-20)34-26-25-19(31-15-32-26)4-3-5-23(25)38-24-8-9-36(2)14-27(24,28)29/h3-7,10-13,15,24H,8-9,14H2,1-2H3,(H,33,35)(H,31,32,34). The van der Waals surface area contributed by atoms with Gasteiger partial charge in [-0.25, -0.2) is 23.7 Å². The van der Waals surface area contributed by atoms with Gasteiger partial charge in [0.1, 0.15) is 34.9 Å². The molecule has 11 heteroatoms. The number of hydrogen-bond donors (Lipinski definition) is 2. The van der Waals surface area contributed by atoms with Crippen molar-refractivity contribution in [2.45, 2.75) is 25.4 Å². The minimum absolute atomic E-state index is 0.222. The van der Waals surface area contributed by atoms with E-state index in [-0.39, 0.29) is 13.0 Å². The quantitative estimate of drug-likeness (QED) is 0.306. The number of aromatic nitrogens is 5. The van der Waals surface area contributed by atoms with E-state index in [0.717, 1.165) is 22.3 Å². The lowest BCUT2D eigenvalue weighted by molar-refractivity contribution is -0.134. The number of pyridine rings is 1. The number of fused-ring (bicyclic) bond motifs is 2. The molecule has 0 saturated carbocycles. The fourth-order valence-electron chi connectivity index (χ4n) is 4.63. The summed E-state index contributed by atoms with van der Waals surface area (Å²) in [5.41, 5.74) is 3.75. The van der Waals surface area contributed by atoms with Gasteiger partial charge in [0.05, 0.1) is 35.4 Å². The number of ether oxygens (including phenoxy) is 2. The van der Waals surface area contributed by atoms with E-state index in [1.807, 2.05) is 31.2 Å². The van der Waals surface area contributed by atoms with Crippen LogP contribution in [0.15, 0.2) is 61.2 Å². The normalized spacial score (nSPS) is 17.5. The van der Waals surface area contributed by atoms with Gasteiger partial charge in [0.15, 0.2) is 6.10 Å². The Morgan fingerprint density at radius 2 is 1.95 bits per heavy atom. The maximum atomic E-state index is 14.7. The Bertz CT molecular complexity index is 1620. The fraction of sp³-hybridized carbons (Fsp3) is 0.259. The van der Waals surface area contributed by atoms with Crippen LogP contribution in [0.3, 0.4) is 0 Å². The lowest BCUT2D eigenvalue weighted by atomic mass is 10.0. The highest BCUT2D eigenvalue weighted by Crippen LogP contribution is 2.37. The van der Waals surface area contributed by atoms with Gasteiger partial charge < -0.3 is 19.7 Å². The summed E-state index contributed by atoms with van der Waals surface area (Å²) in [7, 11) is 1.69. The second-order valence-electron chi connectivity index (χ2n) is 9.45. The van der Waals surface area contributed by atoms with Gasteiger partial charge >= 0.3 is 0 Å². The number of alkyl halides is 2. The number of piperidine rings is 1. The highest BCUT2D eigenvalue weighted by molar-refractivity contribution is 5.95. The van der Waals surface area contributed by atoms with Gasteiger partial charge in [-0.15, -0.1) is 0 Å². The number of benzene rings is 2. The van der Waals surface area contributed by atoms with Crippen molar-refractivity contribution in [2.24, 2.45) is 0 Å². The molecule has 1 atom stereocenters. The Morgan fingerprint density at radius 1 is 1.05 bits per heavy atom. The van der Waals surface area contributed by atoms with Crippen LogP contribution in [0.2, 0.25) is 0 Å². The molecule has 0 spiro atoms. The maximum absolute atomic E-state index is 14.7. The van der Waals surface area contributed by atoms with Crippen LogP contribution in [0.25, 0.3) is 21.9 Å². The molecule has 0 amide bonds. The third kappa shape index (κ3) is 4.68. The molecule has 0 aliphatic carbocycles. The van der Waals surface area contributed by atoms with E-state index < -0.39 is 12.0 Å². The first-order chi connectivity index (χ1) is 18.4. The molecule has 194 valence electrons. The Hall–Kier alpha value is -4.38. The van der Waals surface area contributed by atoms with E-state index >= 15 is 0 Å². The predicted molar refractivity (Wildman–Crippen MR) is 139 cm³/mol. The first-order valence-electron chi connectivity index (χ1n) is 12.2. The number of aryl methyl sites for hydroxylation is 1. The number of hydrogen-bond acceptors (Lipinski definition) is 8. The average molecular weight is 518 g/mol. The van der Waals surface area contributed by atoms with Gasteiger partial charge in [0, 0.05) is 24.7 Å². The molecule has 1 aliphatic heterocycles. The van der Waals surface area contributed by atoms with Crippen LogP contribution in [-0.4, -0.2) is 62.2 Å². The van der Waals surface area contributed by atoms with Crippen molar-refractivity contribution in [3.05, 3.63) is 66.7 Å². The zero-order valence-corrected chi connectivity index (χ0v) is 20.8. The summed E-state index contributed by atoms with van der Waals surface area (Å²) in [5.74, 6) is -0.942. The van der Waals surface area contributed by atoms with Crippen molar-refractivity contribution < 1.29 is 18.3 Å². The summed E-state index contributed by atoms with van der Waals surface area (Å²) in [6.45, 7) is 2.12. The van der Waals surface area contributed by atoms with Crippen LogP contribution < -0.4 is 14.8 Å². The Labute approximate surface area is 216 Å². The molecule has 2 N–H and O–H groups in total. The number of halogens is 2. The largest absolute Gasteiger partial charge is 0.483 e. The molecule has 1 fully saturated rings. The van der Waals surface area contributed by atoms with Crippen LogP contribution in [-0.2, 0) is 0 Å². The highest BCUT2D eigenvalue weighted by Gasteiger charge is 2.45. The third-order valence-corrected chi connectivity index (χ3v) is 6.55. The molecule has 2 aromatic carbocycles. The summed E-state index contributed by atoms with van der Waals surface area (Å²) in [4.78, 5) is 14.7. The monoisotopic (exact) mass is 517 g/mol. The summed E-state index contributed by atoms with van der Waals surface area (Å²) in [5, 5.41) is 10.7. The average Bonchev–Trinajstić information content (AvgIpc) is 3.35. The summed E-state index contributed by atoms with van der Waals surface area (Å²) in [6, 6.07) is 12.7. The number of likely N-dealkylation sites (tertiary alicyclic amines) is 1. The van der Waals surface area contributed by atoms with E-state index in [9.17, 15) is 8.78 Å². The van der Waals surface area contributed by atoms with Gasteiger partial charge in [-0.1, -0.05) is 6.07 Å². The molecule has 6 rings (SSSR count). The van der Waals surface area contributed by atoms with E-state index in [0.29, 0.717) is 40.5 Å². The smallest absolute Gasteiger partial charge is 0.296 e. The lowest BCUT2D eigenvalue weighted by Gasteiger charge is -2.36. The highest BCUT2D eigenvalue weighted by atomic mass is 19.3. The SMILES string of the molecule is Cc1cc(Nc2ncnc3cccc(OC4CCN(C)CC4(F)F)c23)ccc1Oc1cnc2cn[nH]c2c1. The zero-order valence-electron chi connectivity index (χ0n) is 20.8. The summed E-state index contributed by atoms with van der Waals surface area (Å²) < 4.78 is 41.4. The number of rotatable bonds is 6. The molecule has 1 aliphatic rings. The van der Waals surface area contributed by atoms with Gasteiger partial charge in [-0.2, -0.15) is 5.10 Å². The maximum Gasteiger partial charge on any atom is 0.296 e. The Balaban J connectivity index is 1.26. The second-order valence-corrected chi connectivity index (χ2v) is 9.45. The number of aromatic amines is 1. The molecule has 38 heavy (non-hydrogen) atoms. The second kappa shape index (κ2) is 9.49. The lowest BCUT2D eigenvalue weighted by Crippen LogP contribution is -2.52. The van der Waals surface area contributed by atoms with Crippen LogP contribution in [0, 0.1) is 6.92 Å². The Morgan fingerprint density at radius 3 is 2.79 bits per heavy atom. The molecule has 4 heterocycles. The van der Waals surface area contributed by atoms with Crippen LogP contribution in [0.1, 0.15) is 12.0 Å². The predicted octanol–water partition coefficient (Wildman–Crippen LogP) is 5.46. The minimum atomic E-state index is -2.97. The topological polar surface area (TPSA) is 101 Å². The molecule has 1 unspecified atom stereocenters. The van der Waals surface area contributed by atoms with Crippen molar-refractivity contribution >= 4 is 33.4 Å². The molecule has 0 bridgehead atoms. The molecule has 3 aromatic heterocycles. The van der Waals surface area contributed by atoms with Crippen LogP contribution >= 0.6 is 0 Å². The van der Waals surface area contributed by atoms with Crippen molar-refractivity contribution in [3.63, 3.8) is 0 Å². The van der Waals surface area contributed by atoms with Crippen molar-refractivity contribution in [1.29, 1.82) is 0 Å². The molecule has 1 saturated heterocycles. The number of anilines is 2. The summed E-state index contributed by atoms with van der Waals surface area (Å²) >= 11 is 0. The third-order valence-electron chi connectivity index (χ3n) is 6.55. The zero-order chi connectivity index (χ0) is 26.3.